The first-order valence-corrected chi connectivity index (χ1v) is 9.88. The quantitative estimate of drug-likeness (QED) is 0.495. The SMILES string of the molecule is Cc1noc(C)c1-c1cc(-c2c(C3CC3)n[nH]c2C2CC2)c2[nH]c(=O)[nH]c2c1. The second kappa shape index (κ2) is 5.47. The Kier molecular flexibility index (Phi) is 3.11. The lowest BCUT2D eigenvalue weighted by atomic mass is 9.93. The average Bonchev–Trinajstić information content (AvgIpc) is 3.58. The Morgan fingerprint density at radius 2 is 1.82 bits per heavy atom. The number of hydrogen-bond acceptors (Lipinski definition) is 4. The highest BCUT2D eigenvalue weighted by molar-refractivity contribution is 5.97. The molecule has 0 bridgehead atoms. The molecule has 2 aliphatic carbocycles. The van der Waals surface area contributed by atoms with Crippen LogP contribution >= 0.6 is 0 Å². The second-order valence-corrected chi connectivity index (χ2v) is 8.17. The predicted molar refractivity (Wildman–Crippen MR) is 105 cm³/mol. The molecule has 0 unspecified atom stereocenters. The number of H-pyrrole nitrogens is 3. The van der Waals surface area contributed by atoms with Crippen molar-refractivity contribution in [3.8, 4) is 22.3 Å². The van der Waals surface area contributed by atoms with Crippen LogP contribution in [-0.4, -0.2) is 25.3 Å². The number of imidazole rings is 1. The summed E-state index contributed by atoms with van der Waals surface area (Å²) in [5.41, 5.74) is 8.82. The Morgan fingerprint density at radius 1 is 1.04 bits per heavy atom. The molecule has 3 N–H and O–H groups in total. The molecule has 142 valence electrons. The van der Waals surface area contributed by atoms with Gasteiger partial charge in [-0.05, 0) is 57.2 Å². The summed E-state index contributed by atoms with van der Waals surface area (Å²) in [6.07, 6.45) is 4.74. The molecule has 0 saturated heterocycles. The Bertz CT molecular complexity index is 1230. The van der Waals surface area contributed by atoms with Crippen molar-refractivity contribution in [3.63, 3.8) is 0 Å². The van der Waals surface area contributed by atoms with E-state index in [1.165, 1.54) is 36.9 Å². The van der Waals surface area contributed by atoms with Crippen LogP contribution in [0.15, 0.2) is 21.5 Å². The van der Waals surface area contributed by atoms with Gasteiger partial charge in [0.1, 0.15) is 5.76 Å². The minimum Gasteiger partial charge on any atom is -0.361 e. The Morgan fingerprint density at radius 3 is 2.50 bits per heavy atom. The van der Waals surface area contributed by atoms with Crippen LogP contribution in [0.25, 0.3) is 33.3 Å². The zero-order chi connectivity index (χ0) is 19.0. The maximum absolute atomic E-state index is 12.1. The monoisotopic (exact) mass is 375 g/mol. The van der Waals surface area contributed by atoms with E-state index < -0.39 is 0 Å². The first-order valence-electron chi connectivity index (χ1n) is 9.88. The van der Waals surface area contributed by atoms with Crippen LogP contribution in [0, 0.1) is 13.8 Å². The fourth-order valence-corrected chi connectivity index (χ4v) is 4.35. The van der Waals surface area contributed by atoms with Crippen molar-refractivity contribution < 1.29 is 4.52 Å². The smallest absolute Gasteiger partial charge is 0.323 e. The van der Waals surface area contributed by atoms with E-state index in [0.29, 0.717) is 11.8 Å². The summed E-state index contributed by atoms with van der Waals surface area (Å²) >= 11 is 0. The van der Waals surface area contributed by atoms with E-state index in [1.807, 2.05) is 19.9 Å². The molecule has 7 nitrogen and oxygen atoms in total. The third kappa shape index (κ3) is 2.32. The van der Waals surface area contributed by atoms with E-state index in [9.17, 15) is 4.79 Å². The first-order chi connectivity index (χ1) is 13.6. The van der Waals surface area contributed by atoms with Crippen molar-refractivity contribution >= 4 is 11.0 Å². The highest BCUT2D eigenvalue weighted by Gasteiger charge is 2.36. The van der Waals surface area contributed by atoms with Crippen LogP contribution in [0.3, 0.4) is 0 Å². The molecule has 2 saturated carbocycles. The van der Waals surface area contributed by atoms with Crippen molar-refractivity contribution in [2.45, 2.75) is 51.4 Å². The number of rotatable bonds is 4. The molecule has 0 spiro atoms. The van der Waals surface area contributed by atoms with Gasteiger partial charge in [0.25, 0.3) is 0 Å². The van der Waals surface area contributed by atoms with Crippen LogP contribution in [0.5, 0.6) is 0 Å². The van der Waals surface area contributed by atoms with Crippen LogP contribution in [0.4, 0.5) is 0 Å². The summed E-state index contributed by atoms with van der Waals surface area (Å²) in [6, 6.07) is 4.15. The van der Waals surface area contributed by atoms with E-state index in [0.717, 1.165) is 44.9 Å². The largest absolute Gasteiger partial charge is 0.361 e. The van der Waals surface area contributed by atoms with E-state index >= 15 is 0 Å². The van der Waals surface area contributed by atoms with Crippen LogP contribution in [0.1, 0.15) is 60.4 Å². The lowest BCUT2D eigenvalue weighted by molar-refractivity contribution is 0.393. The van der Waals surface area contributed by atoms with Crippen molar-refractivity contribution in [2.24, 2.45) is 0 Å². The van der Waals surface area contributed by atoms with E-state index in [1.54, 1.807) is 0 Å². The Labute approximate surface area is 160 Å². The molecule has 6 rings (SSSR count). The van der Waals surface area contributed by atoms with Gasteiger partial charge in [0, 0.05) is 34.2 Å². The van der Waals surface area contributed by atoms with E-state index in [2.05, 4.69) is 26.3 Å². The van der Waals surface area contributed by atoms with Gasteiger partial charge in [-0.1, -0.05) is 5.16 Å². The van der Waals surface area contributed by atoms with Gasteiger partial charge in [0.05, 0.1) is 22.4 Å². The number of aromatic amines is 3. The zero-order valence-corrected chi connectivity index (χ0v) is 15.8. The fourth-order valence-electron chi connectivity index (χ4n) is 4.35. The molecule has 0 radical (unpaired) electrons. The van der Waals surface area contributed by atoms with Gasteiger partial charge in [-0.3, -0.25) is 5.10 Å². The average molecular weight is 375 g/mol. The molecular formula is C21H21N5O2. The Balaban J connectivity index is 1.68. The van der Waals surface area contributed by atoms with Crippen molar-refractivity contribution in [1.29, 1.82) is 0 Å². The summed E-state index contributed by atoms with van der Waals surface area (Å²) in [5, 5.41) is 12.1. The third-order valence-corrected chi connectivity index (χ3v) is 5.99. The number of nitrogens with one attached hydrogen (secondary N) is 3. The lowest BCUT2D eigenvalue weighted by Gasteiger charge is -2.10. The molecule has 3 aromatic heterocycles. The number of nitrogens with zero attached hydrogens (tertiary/aromatic N) is 2. The maximum atomic E-state index is 12.1. The topological polar surface area (TPSA) is 103 Å². The molecule has 2 aliphatic rings. The summed E-state index contributed by atoms with van der Waals surface area (Å²) in [5.74, 6) is 1.83. The number of hydrogen-bond donors (Lipinski definition) is 3. The minimum absolute atomic E-state index is 0.198. The predicted octanol–water partition coefficient (Wildman–Crippen LogP) is 4.27. The van der Waals surface area contributed by atoms with Crippen molar-refractivity contribution in [1.82, 2.24) is 25.3 Å². The van der Waals surface area contributed by atoms with Gasteiger partial charge in [-0.2, -0.15) is 5.10 Å². The van der Waals surface area contributed by atoms with Gasteiger partial charge in [0.15, 0.2) is 0 Å². The first kappa shape index (κ1) is 15.9. The number of benzene rings is 1. The molecule has 0 atom stereocenters. The number of aryl methyl sites for hydroxylation is 2. The molecule has 0 aliphatic heterocycles. The van der Waals surface area contributed by atoms with Crippen LogP contribution in [-0.2, 0) is 0 Å². The second-order valence-electron chi connectivity index (χ2n) is 8.17. The van der Waals surface area contributed by atoms with E-state index in [4.69, 9.17) is 9.62 Å². The summed E-state index contributed by atoms with van der Waals surface area (Å²) in [7, 11) is 0. The molecule has 1 aromatic carbocycles. The van der Waals surface area contributed by atoms with Gasteiger partial charge in [0.2, 0.25) is 0 Å². The third-order valence-electron chi connectivity index (χ3n) is 5.99. The summed E-state index contributed by atoms with van der Waals surface area (Å²) < 4.78 is 5.39. The highest BCUT2D eigenvalue weighted by Crippen LogP contribution is 2.51. The molecular weight excluding hydrogens is 354 g/mol. The zero-order valence-electron chi connectivity index (χ0n) is 15.8. The fraction of sp³-hybridized carbons (Fsp3) is 0.381. The normalized spacial score (nSPS) is 16.9. The Hall–Kier alpha value is -3.09. The van der Waals surface area contributed by atoms with Crippen molar-refractivity contribution in [3.05, 3.63) is 45.5 Å². The molecule has 4 aromatic rings. The van der Waals surface area contributed by atoms with Crippen LogP contribution in [0.2, 0.25) is 0 Å². The van der Waals surface area contributed by atoms with Gasteiger partial charge in [-0.25, -0.2) is 4.79 Å². The van der Waals surface area contributed by atoms with Gasteiger partial charge < -0.3 is 14.5 Å². The molecule has 28 heavy (non-hydrogen) atoms. The molecule has 7 heteroatoms. The molecule has 2 fully saturated rings. The van der Waals surface area contributed by atoms with Gasteiger partial charge in [-0.15, -0.1) is 0 Å². The number of aromatic nitrogens is 5. The van der Waals surface area contributed by atoms with Crippen molar-refractivity contribution in [2.75, 3.05) is 0 Å². The molecule has 3 heterocycles. The lowest BCUT2D eigenvalue weighted by Crippen LogP contribution is -1.99. The summed E-state index contributed by atoms with van der Waals surface area (Å²) in [6.45, 7) is 3.86. The highest BCUT2D eigenvalue weighted by atomic mass is 16.5. The van der Waals surface area contributed by atoms with Crippen LogP contribution < -0.4 is 5.69 Å². The number of fused-ring (bicyclic) bond motifs is 1. The van der Waals surface area contributed by atoms with E-state index in [-0.39, 0.29) is 5.69 Å². The van der Waals surface area contributed by atoms with Gasteiger partial charge >= 0.3 is 5.69 Å². The molecule has 0 amide bonds. The summed E-state index contributed by atoms with van der Waals surface area (Å²) in [4.78, 5) is 18.1. The standard InChI is InChI=1S/C21H21N5O2/c1-9-16(10(2)28-26-9)13-7-14(20-15(8-13)22-21(27)23-20)17-18(11-3-4-11)24-25-19(17)12-5-6-12/h7-8,11-12H,3-6H2,1-2H3,(H,24,25)(H2,22,23,27). The maximum Gasteiger partial charge on any atom is 0.323 e. The minimum atomic E-state index is -0.198.